The van der Waals surface area contributed by atoms with Crippen LogP contribution in [-0.2, 0) is 9.59 Å². The highest BCUT2D eigenvalue weighted by molar-refractivity contribution is 5.75. The predicted octanol–water partition coefficient (Wildman–Crippen LogP) is 6.43. The molecule has 0 saturated heterocycles. The lowest BCUT2D eigenvalue weighted by molar-refractivity contribution is -0.142. The van der Waals surface area contributed by atoms with Gasteiger partial charge in [-0.3, -0.25) is 9.59 Å². The molecule has 0 spiro atoms. The number of aryl methyl sites for hydroxylation is 2. The maximum Gasteiger partial charge on any atom is 0.314 e. The molecule has 2 saturated carbocycles. The molecular weight excluding hydrogens is 400 g/mol. The van der Waals surface area contributed by atoms with Crippen LogP contribution < -0.4 is 9.47 Å². The molecule has 2 fully saturated rings. The first-order valence-corrected chi connectivity index (χ1v) is 12.0. The second-order valence-electron chi connectivity index (χ2n) is 9.69. The van der Waals surface area contributed by atoms with Crippen LogP contribution in [0.4, 0.5) is 0 Å². The number of carbonyl (C=O) groups is 2. The van der Waals surface area contributed by atoms with E-state index in [1.807, 2.05) is 62.4 Å². The lowest BCUT2D eigenvalue weighted by atomic mass is 9.69. The molecule has 0 heterocycles. The van der Waals surface area contributed by atoms with Gasteiger partial charge in [-0.1, -0.05) is 35.4 Å². The fraction of sp³-hybridized carbons (Fsp3) is 0.500. The SMILES string of the molecule is Cc1ccc(OC(=O)C2CCC(C3CCC(C(=O)Oc4ccc(C)cc4)CC3)CC2)cc1. The van der Waals surface area contributed by atoms with Gasteiger partial charge in [-0.2, -0.15) is 0 Å². The van der Waals surface area contributed by atoms with E-state index in [0.717, 1.165) is 62.5 Å². The van der Waals surface area contributed by atoms with Crippen molar-refractivity contribution in [2.45, 2.75) is 65.2 Å². The molecule has 2 aliphatic carbocycles. The number of ether oxygens (including phenoxy) is 2. The van der Waals surface area contributed by atoms with Gasteiger partial charge in [0.2, 0.25) is 0 Å². The van der Waals surface area contributed by atoms with Crippen molar-refractivity contribution in [1.29, 1.82) is 0 Å². The van der Waals surface area contributed by atoms with Gasteiger partial charge in [0, 0.05) is 0 Å². The Bertz CT molecular complexity index is 822. The zero-order chi connectivity index (χ0) is 22.5. The lowest BCUT2D eigenvalue weighted by Crippen LogP contribution is -2.32. The van der Waals surface area contributed by atoms with Gasteiger partial charge in [-0.25, -0.2) is 0 Å². The molecule has 0 unspecified atom stereocenters. The Morgan fingerprint density at radius 3 is 1.19 bits per heavy atom. The summed E-state index contributed by atoms with van der Waals surface area (Å²) in [6, 6.07) is 15.3. The van der Waals surface area contributed by atoms with E-state index in [-0.39, 0.29) is 23.8 Å². The Hall–Kier alpha value is -2.62. The van der Waals surface area contributed by atoms with Crippen molar-refractivity contribution in [3.05, 3.63) is 59.7 Å². The summed E-state index contributed by atoms with van der Waals surface area (Å²) in [5.41, 5.74) is 2.31. The molecule has 0 radical (unpaired) electrons. The van der Waals surface area contributed by atoms with Gasteiger partial charge in [0.1, 0.15) is 11.5 Å². The largest absolute Gasteiger partial charge is 0.426 e. The molecule has 170 valence electrons. The number of benzene rings is 2. The fourth-order valence-corrected chi connectivity index (χ4v) is 5.26. The van der Waals surface area contributed by atoms with Crippen molar-refractivity contribution in [3.63, 3.8) is 0 Å². The van der Waals surface area contributed by atoms with Crippen molar-refractivity contribution in [2.75, 3.05) is 0 Å². The molecule has 0 bridgehead atoms. The van der Waals surface area contributed by atoms with Crippen molar-refractivity contribution >= 4 is 11.9 Å². The molecule has 0 N–H and O–H groups in total. The van der Waals surface area contributed by atoms with E-state index in [2.05, 4.69) is 0 Å². The fourth-order valence-electron chi connectivity index (χ4n) is 5.26. The summed E-state index contributed by atoms with van der Waals surface area (Å²) >= 11 is 0. The first-order chi connectivity index (χ1) is 15.5. The highest BCUT2D eigenvalue weighted by atomic mass is 16.5. The highest BCUT2D eigenvalue weighted by Gasteiger charge is 2.35. The Morgan fingerprint density at radius 2 is 0.875 bits per heavy atom. The van der Waals surface area contributed by atoms with Crippen LogP contribution in [0.5, 0.6) is 11.5 Å². The van der Waals surface area contributed by atoms with E-state index in [1.165, 1.54) is 0 Å². The summed E-state index contributed by atoms with van der Waals surface area (Å²) in [4.78, 5) is 25.1. The molecule has 2 aromatic carbocycles. The minimum Gasteiger partial charge on any atom is -0.426 e. The third-order valence-electron chi connectivity index (χ3n) is 7.36. The zero-order valence-corrected chi connectivity index (χ0v) is 19.2. The second kappa shape index (κ2) is 10.3. The summed E-state index contributed by atoms with van der Waals surface area (Å²) in [6.07, 6.45) is 7.95. The van der Waals surface area contributed by atoms with Gasteiger partial charge in [-0.15, -0.1) is 0 Å². The highest BCUT2D eigenvalue weighted by Crippen LogP contribution is 2.42. The molecule has 0 atom stereocenters. The van der Waals surface area contributed by atoms with Gasteiger partial charge >= 0.3 is 11.9 Å². The minimum absolute atomic E-state index is 0.00776. The van der Waals surface area contributed by atoms with Gasteiger partial charge in [0.25, 0.3) is 0 Å². The Kier molecular flexibility index (Phi) is 7.29. The third kappa shape index (κ3) is 5.79. The Labute approximate surface area is 191 Å². The summed E-state index contributed by atoms with van der Waals surface area (Å²) in [7, 11) is 0. The van der Waals surface area contributed by atoms with Gasteiger partial charge < -0.3 is 9.47 Å². The van der Waals surface area contributed by atoms with Gasteiger partial charge in [0.05, 0.1) is 11.8 Å². The predicted molar refractivity (Wildman–Crippen MR) is 125 cm³/mol. The van der Waals surface area contributed by atoms with Crippen molar-refractivity contribution in [1.82, 2.24) is 0 Å². The molecule has 2 aromatic rings. The minimum atomic E-state index is -0.0881. The van der Waals surface area contributed by atoms with Gasteiger partial charge in [-0.05, 0) is 101 Å². The molecule has 2 aliphatic rings. The summed E-state index contributed by atoms with van der Waals surface area (Å²) in [5.74, 6) is 2.43. The quantitative estimate of drug-likeness (QED) is 0.402. The smallest absolute Gasteiger partial charge is 0.314 e. The lowest BCUT2D eigenvalue weighted by Gasteiger charge is -2.36. The number of hydrogen-bond acceptors (Lipinski definition) is 4. The molecule has 4 rings (SSSR count). The Morgan fingerprint density at radius 1 is 0.562 bits per heavy atom. The first-order valence-electron chi connectivity index (χ1n) is 12.0. The van der Waals surface area contributed by atoms with Crippen LogP contribution in [0, 0.1) is 37.5 Å². The average Bonchev–Trinajstić information content (AvgIpc) is 2.82. The number of rotatable bonds is 5. The third-order valence-corrected chi connectivity index (χ3v) is 7.36. The standard InChI is InChI=1S/C28H34O4/c1-19-3-15-25(16-4-19)31-27(29)23-11-7-21(8-12-23)22-9-13-24(14-10-22)28(30)32-26-17-5-20(2)6-18-26/h3-6,15-18,21-24H,7-14H2,1-2H3. The second-order valence-corrected chi connectivity index (χ2v) is 9.69. The van der Waals surface area contributed by atoms with Crippen LogP contribution in [0.25, 0.3) is 0 Å². The van der Waals surface area contributed by atoms with Gasteiger partial charge in [0.15, 0.2) is 0 Å². The molecule has 32 heavy (non-hydrogen) atoms. The van der Waals surface area contributed by atoms with E-state index < -0.39 is 0 Å². The molecule has 0 aliphatic heterocycles. The van der Waals surface area contributed by atoms with Crippen LogP contribution in [-0.4, -0.2) is 11.9 Å². The van der Waals surface area contributed by atoms with E-state index in [9.17, 15) is 9.59 Å². The van der Waals surface area contributed by atoms with Crippen LogP contribution in [0.15, 0.2) is 48.5 Å². The number of hydrogen-bond donors (Lipinski definition) is 0. The zero-order valence-electron chi connectivity index (χ0n) is 19.2. The maximum atomic E-state index is 12.5. The monoisotopic (exact) mass is 434 g/mol. The average molecular weight is 435 g/mol. The van der Waals surface area contributed by atoms with Crippen LogP contribution >= 0.6 is 0 Å². The topological polar surface area (TPSA) is 52.6 Å². The first kappa shape index (κ1) is 22.6. The van der Waals surface area contributed by atoms with Crippen LogP contribution in [0.3, 0.4) is 0 Å². The summed E-state index contributed by atoms with van der Waals surface area (Å²) < 4.78 is 11.2. The normalized spacial score (nSPS) is 25.7. The van der Waals surface area contributed by atoms with Crippen molar-refractivity contribution in [2.24, 2.45) is 23.7 Å². The number of carbonyl (C=O) groups excluding carboxylic acids is 2. The van der Waals surface area contributed by atoms with E-state index in [1.54, 1.807) is 0 Å². The molecule has 4 heteroatoms. The van der Waals surface area contributed by atoms with Crippen LogP contribution in [0.1, 0.15) is 62.5 Å². The molecular formula is C28H34O4. The van der Waals surface area contributed by atoms with Crippen molar-refractivity contribution < 1.29 is 19.1 Å². The van der Waals surface area contributed by atoms with E-state index >= 15 is 0 Å². The van der Waals surface area contributed by atoms with Crippen molar-refractivity contribution in [3.8, 4) is 11.5 Å². The maximum absolute atomic E-state index is 12.5. The molecule has 4 nitrogen and oxygen atoms in total. The summed E-state index contributed by atoms with van der Waals surface area (Å²) in [6.45, 7) is 4.04. The van der Waals surface area contributed by atoms with E-state index in [0.29, 0.717) is 23.3 Å². The number of esters is 2. The van der Waals surface area contributed by atoms with E-state index in [4.69, 9.17) is 9.47 Å². The summed E-state index contributed by atoms with van der Waals surface area (Å²) in [5, 5.41) is 0. The Balaban J connectivity index is 1.19. The molecule has 0 aromatic heterocycles. The van der Waals surface area contributed by atoms with Crippen LogP contribution in [0.2, 0.25) is 0 Å². The molecule has 0 amide bonds.